The zero-order valence-electron chi connectivity index (χ0n) is 15.2. The van der Waals surface area contributed by atoms with Crippen molar-refractivity contribution in [3.8, 4) is 0 Å². The molecule has 144 valence electrons. The van der Waals surface area contributed by atoms with Gasteiger partial charge in [0.25, 0.3) is 0 Å². The van der Waals surface area contributed by atoms with Crippen molar-refractivity contribution >= 4 is 11.9 Å². The van der Waals surface area contributed by atoms with Crippen molar-refractivity contribution in [1.82, 2.24) is 0 Å². The molecule has 6 heteroatoms. The maximum Gasteiger partial charge on any atom is 0.303 e. The van der Waals surface area contributed by atoms with Crippen LogP contribution in [-0.4, -0.2) is 35.2 Å². The molecule has 6 nitrogen and oxygen atoms in total. The predicted octanol–water partition coefficient (Wildman–Crippen LogP) is 3.52. The molecule has 0 unspecified atom stereocenters. The number of hydrogen-bond acceptors (Lipinski definition) is 4. The lowest BCUT2D eigenvalue weighted by atomic mass is 10.1. The Hall–Kier alpha value is -1.14. The summed E-state index contributed by atoms with van der Waals surface area (Å²) in [5.74, 6) is -1.39. The van der Waals surface area contributed by atoms with Crippen LogP contribution in [0.15, 0.2) is 0 Å². The molecule has 0 fully saturated rings. The van der Waals surface area contributed by atoms with Gasteiger partial charge in [-0.25, -0.2) is 0 Å². The molecule has 0 heterocycles. The van der Waals surface area contributed by atoms with Crippen LogP contribution in [0.2, 0.25) is 0 Å². The van der Waals surface area contributed by atoms with E-state index < -0.39 is 11.9 Å². The third-order valence-corrected chi connectivity index (χ3v) is 3.69. The molecule has 0 aromatic rings. The first-order valence-corrected chi connectivity index (χ1v) is 9.38. The normalized spacial score (nSPS) is 10.1. The third-order valence-electron chi connectivity index (χ3n) is 3.69. The molecule has 0 radical (unpaired) electrons. The van der Waals surface area contributed by atoms with E-state index in [2.05, 4.69) is 0 Å². The Morgan fingerprint density at radius 2 is 0.750 bits per heavy atom. The summed E-state index contributed by atoms with van der Waals surface area (Å²) < 4.78 is 0. The molecule has 24 heavy (non-hydrogen) atoms. The van der Waals surface area contributed by atoms with Gasteiger partial charge in [0.1, 0.15) is 0 Å². The van der Waals surface area contributed by atoms with Crippen LogP contribution in [0.5, 0.6) is 0 Å². The van der Waals surface area contributed by atoms with Crippen molar-refractivity contribution in [3.63, 3.8) is 0 Å². The highest BCUT2D eigenvalue weighted by molar-refractivity contribution is 5.66. The third kappa shape index (κ3) is 28.9. The highest BCUT2D eigenvalue weighted by atomic mass is 16.4. The lowest BCUT2D eigenvalue weighted by Crippen LogP contribution is -1.99. The van der Waals surface area contributed by atoms with Gasteiger partial charge in [-0.2, -0.15) is 0 Å². The van der Waals surface area contributed by atoms with Gasteiger partial charge in [-0.05, 0) is 38.8 Å². The highest BCUT2D eigenvalue weighted by Crippen LogP contribution is 2.10. The molecule has 0 aliphatic rings. The average molecular weight is 347 g/mol. The highest BCUT2D eigenvalue weighted by Gasteiger charge is 1.96. The van der Waals surface area contributed by atoms with Crippen LogP contribution in [0, 0.1) is 0 Å². The number of carbonyl (C=O) groups is 2. The molecule has 0 atom stereocenters. The van der Waals surface area contributed by atoms with Gasteiger partial charge >= 0.3 is 11.9 Å². The van der Waals surface area contributed by atoms with Crippen molar-refractivity contribution in [2.45, 2.75) is 89.9 Å². The molecule has 0 aliphatic heterocycles. The summed E-state index contributed by atoms with van der Waals surface area (Å²) >= 11 is 0. The zero-order chi connectivity index (χ0) is 18.5. The molecule has 6 N–H and O–H groups in total. The van der Waals surface area contributed by atoms with E-state index in [4.69, 9.17) is 21.7 Å². The maximum atomic E-state index is 10.2. The molecule has 0 aromatic heterocycles. The Morgan fingerprint density at radius 1 is 0.500 bits per heavy atom. The van der Waals surface area contributed by atoms with Gasteiger partial charge in [0.2, 0.25) is 0 Å². The van der Waals surface area contributed by atoms with Gasteiger partial charge in [0.05, 0.1) is 0 Å². The first-order chi connectivity index (χ1) is 11.5. The predicted molar refractivity (Wildman–Crippen MR) is 98.0 cm³/mol. The standard InChI is InChI=1S/C12H25NO2.C6H13NO2/c13-11-9-7-5-3-1-2-4-6-8-10-12(14)15;7-5-3-1-2-4-6(8)9/h1-11,13H2,(H,14,15);1-5,7H2,(H,8,9). The van der Waals surface area contributed by atoms with Crippen LogP contribution < -0.4 is 11.5 Å². The number of carboxylic acid groups (broad SMARTS) is 2. The number of aliphatic carboxylic acids is 2. The van der Waals surface area contributed by atoms with E-state index in [1.165, 1.54) is 38.5 Å². The number of nitrogens with two attached hydrogens (primary N) is 2. The monoisotopic (exact) mass is 346 g/mol. The van der Waals surface area contributed by atoms with Gasteiger partial charge < -0.3 is 21.7 Å². The van der Waals surface area contributed by atoms with Crippen molar-refractivity contribution < 1.29 is 19.8 Å². The van der Waals surface area contributed by atoms with Crippen LogP contribution in [0.3, 0.4) is 0 Å². The molecular weight excluding hydrogens is 308 g/mol. The summed E-state index contributed by atoms with van der Waals surface area (Å²) in [6.45, 7) is 1.48. The number of rotatable bonds is 16. The fourth-order valence-corrected chi connectivity index (χ4v) is 2.26. The molecule has 0 spiro atoms. The summed E-state index contributed by atoms with van der Waals surface area (Å²) in [6, 6.07) is 0. The van der Waals surface area contributed by atoms with Crippen molar-refractivity contribution in [2.24, 2.45) is 11.5 Å². The minimum atomic E-state index is -0.716. The fourth-order valence-electron chi connectivity index (χ4n) is 2.26. The molecule has 0 amide bonds. The summed E-state index contributed by atoms with van der Waals surface area (Å²) in [6.07, 6.45) is 13.9. The van der Waals surface area contributed by atoms with Gasteiger partial charge in [-0.15, -0.1) is 0 Å². The summed E-state index contributed by atoms with van der Waals surface area (Å²) in [7, 11) is 0. The molecule has 0 rings (SSSR count). The first-order valence-electron chi connectivity index (χ1n) is 9.38. The Labute approximate surface area is 147 Å². The van der Waals surface area contributed by atoms with E-state index in [1.54, 1.807) is 0 Å². The SMILES string of the molecule is NCCCCCC(=O)O.NCCCCCCCCCCCC(=O)O. The molecule has 0 saturated heterocycles. The van der Waals surface area contributed by atoms with Gasteiger partial charge in [-0.3, -0.25) is 9.59 Å². The Bertz CT molecular complexity index is 286. The first kappa shape index (κ1) is 25.1. The second-order valence-corrected chi connectivity index (χ2v) is 6.11. The van der Waals surface area contributed by atoms with E-state index in [0.717, 1.165) is 45.1 Å². The van der Waals surface area contributed by atoms with E-state index >= 15 is 0 Å². The van der Waals surface area contributed by atoms with Crippen molar-refractivity contribution in [2.75, 3.05) is 13.1 Å². The molecular formula is C18H38N2O4. The van der Waals surface area contributed by atoms with Crippen LogP contribution in [0.4, 0.5) is 0 Å². The topological polar surface area (TPSA) is 127 Å². The number of hydrogen-bond donors (Lipinski definition) is 4. The number of carboxylic acids is 2. The Balaban J connectivity index is 0. The lowest BCUT2D eigenvalue weighted by molar-refractivity contribution is -0.138. The van der Waals surface area contributed by atoms with E-state index in [9.17, 15) is 9.59 Å². The van der Waals surface area contributed by atoms with Crippen LogP contribution in [0.25, 0.3) is 0 Å². The van der Waals surface area contributed by atoms with Crippen molar-refractivity contribution in [3.05, 3.63) is 0 Å². The molecule has 0 aromatic carbocycles. The van der Waals surface area contributed by atoms with Gasteiger partial charge in [-0.1, -0.05) is 51.4 Å². The second-order valence-electron chi connectivity index (χ2n) is 6.11. The van der Waals surface area contributed by atoms with E-state index in [-0.39, 0.29) is 6.42 Å². The number of unbranched alkanes of at least 4 members (excludes halogenated alkanes) is 10. The quantitative estimate of drug-likeness (QED) is 0.317. The van der Waals surface area contributed by atoms with Crippen LogP contribution >= 0.6 is 0 Å². The molecule has 0 saturated carbocycles. The Kier molecular flexibility index (Phi) is 22.9. The van der Waals surface area contributed by atoms with Gasteiger partial charge in [0, 0.05) is 12.8 Å². The molecule has 0 aliphatic carbocycles. The summed E-state index contributed by atoms with van der Waals surface area (Å²) in [5, 5.41) is 16.6. The van der Waals surface area contributed by atoms with E-state index in [0.29, 0.717) is 13.0 Å². The fraction of sp³-hybridized carbons (Fsp3) is 0.889. The zero-order valence-corrected chi connectivity index (χ0v) is 15.2. The lowest BCUT2D eigenvalue weighted by Gasteiger charge is -2.01. The minimum Gasteiger partial charge on any atom is -0.481 e. The van der Waals surface area contributed by atoms with Crippen LogP contribution in [0.1, 0.15) is 89.9 Å². The molecule has 0 bridgehead atoms. The smallest absolute Gasteiger partial charge is 0.303 e. The van der Waals surface area contributed by atoms with Crippen LogP contribution in [-0.2, 0) is 9.59 Å². The van der Waals surface area contributed by atoms with Gasteiger partial charge in [0.15, 0.2) is 0 Å². The summed E-state index contributed by atoms with van der Waals surface area (Å²) in [5.41, 5.74) is 10.6. The maximum absolute atomic E-state index is 10.2. The second kappa shape index (κ2) is 21.9. The average Bonchev–Trinajstić information content (AvgIpc) is 2.53. The Morgan fingerprint density at radius 3 is 1.04 bits per heavy atom. The van der Waals surface area contributed by atoms with E-state index in [1.807, 2.05) is 0 Å². The summed E-state index contributed by atoms with van der Waals surface area (Å²) in [4.78, 5) is 20.2. The minimum absolute atomic E-state index is 0.278. The van der Waals surface area contributed by atoms with Crippen molar-refractivity contribution in [1.29, 1.82) is 0 Å². The largest absolute Gasteiger partial charge is 0.481 e.